The van der Waals surface area contributed by atoms with Crippen LogP contribution in [0, 0.1) is 5.82 Å². The van der Waals surface area contributed by atoms with Crippen LogP contribution in [0.1, 0.15) is 24.9 Å². The summed E-state index contributed by atoms with van der Waals surface area (Å²) in [5, 5.41) is 3.71. The van der Waals surface area contributed by atoms with Gasteiger partial charge >= 0.3 is 0 Å². The normalized spacial score (nSPS) is 12.4. The van der Waals surface area contributed by atoms with Gasteiger partial charge in [-0.1, -0.05) is 29.3 Å². The summed E-state index contributed by atoms with van der Waals surface area (Å²) in [5.74, 6) is -0.461. The van der Waals surface area contributed by atoms with Crippen LogP contribution in [0.2, 0.25) is 10.0 Å². The van der Waals surface area contributed by atoms with Crippen LogP contribution in [0.5, 0.6) is 0 Å². The van der Waals surface area contributed by atoms with Crippen LogP contribution >= 0.6 is 23.2 Å². The van der Waals surface area contributed by atoms with Crippen molar-refractivity contribution in [1.82, 2.24) is 5.32 Å². The Hall–Kier alpha value is -0.610. The molecule has 0 radical (unpaired) electrons. The van der Waals surface area contributed by atoms with Gasteiger partial charge in [0.15, 0.2) is 0 Å². The quantitative estimate of drug-likeness (QED) is 0.437. The number of hydrogen-bond donors (Lipinski definition) is 1. The molecule has 106 valence electrons. The van der Waals surface area contributed by atoms with Gasteiger partial charge in [-0.15, -0.1) is 6.58 Å². The van der Waals surface area contributed by atoms with Gasteiger partial charge in [0.1, 0.15) is 5.82 Å². The number of halogens is 3. The minimum atomic E-state index is -0.461. The Kier molecular flexibility index (Phi) is 7.39. The molecule has 0 aliphatic rings. The molecule has 5 heteroatoms. The first kappa shape index (κ1) is 16.4. The fraction of sp³-hybridized carbons (Fsp3) is 0.429. The molecule has 19 heavy (non-hydrogen) atoms. The van der Waals surface area contributed by atoms with Crippen LogP contribution in [0.25, 0.3) is 0 Å². The van der Waals surface area contributed by atoms with Crippen molar-refractivity contribution < 1.29 is 9.13 Å². The maximum Gasteiger partial charge on any atom is 0.142 e. The van der Waals surface area contributed by atoms with E-state index in [2.05, 4.69) is 11.9 Å². The third-order valence-corrected chi connectivity index (χ3v) is 3.29. The van der Waals surface area contributed by atoms with E-state index in [1.807, 2.05) is 13.0 Å². The lowest BCUT2D eigenvalue weighted by atomic mass is 10.1. The third kappa shape index (κ3) is 5.49. The molecule has 0 spiro atoms. The standard InChI is InChI=1S/C14H18Cl2FNO/c1-3-4-6-19-7-5-18-10(2)11-8-14(17)13(16)9-12(11)15/h3,8-10,18H,1,4-7H2,2H3. The molecule has 0 aliphatic heterocycles. The monoisotopic (exact) mass is 305 g/mol. The molecule has 0 amide bonds. The predicted octanol–water partition coefficient (Wildman–Crippen LogP) is 4.38. The van der Waals surface area contributed by atoms with Crippen LogP contribution in [-0.2, 0) is 4.74 Å². The van der Waals surface area contributed by atoms with E-state index < -0.39 is 5.82 Å². The highest BCUT2D eigenvalue weighted by Gasteiger charge is 2.12. The van der Waals surface area contributed by atoms with Gasteiger partial charge in [-0.3, -0.25) is 0 Å². The zero-order valence-electron chi connectivity index (χ0n) is 10.9. The van der Waals surface area contributed by atoms with Gasteiger partial charge in [0.2, 0.25) is 0 Å². The smallest absolute Gasteiger partial charge is 0.142 e. The SMILES string of the molecule is C=CCCOCCNC(C)c1cc(F)c(Cl)cc1Cl. The zero-order chi connectivity index (χ0) is 14.3. The highest BCUT2D eigenvalue weighted by molar-refractivity contribution is 6.35. The van der Waals surface area contributed by atoms with Crippen molar-refractivity contribution in [3.05, 3.63) is 46.2 Å². The minimum Gasteiger partial charge on any atom is -0.380 e. The van der Waals surface area contributed by atoms with E-state index in [1.165, 1.54) is 12.1 Å². The number of hydrogen-bond acceptors (Lipinski definition) is 2. The van der Waals surface area contributed by atoms with Gasteiger partial charge in [0, 0.05) is 17.6 Å². The van der Waals surface area contributed by atoms with Crippen molar-refractivity contribution in [2.45, 2.75) is 19.4 Å². The Morgan fingerprint density at radius 1 is 1.37 bits per heavy atom. The summed E-state index contributed by atoms with van der Waals surface area (Å²) in [6, 6.07) is 2.72. The van der Waals surface area contributed by atoms with Crippen molar-refractivity contribution >= 4 is 23.2 Å². The first-order valence-corrected chi connectivity index (χ1v) is 6.88. The van der Waals surface area contributed by atoms with Gasteiger partial charge in [-0.2, -0.15) is 0 Å². The van der Waals surface area contributed by atoms with Crippen LogP contribution in [-0.4, -0.2) is 19.8 Å². The molecule has 1 aromatic rings. The fourth-order valence-electron chi connectivity index (χ4n) is 1.60. The number of rotatable bonds is 8. The first-order chi connectivity index (χ1) is 9.06. The Morgan fingerprint density at radius 3 is 2.79 bits per heavy atom. The lowest BCUT2D eigenvalue weighted by Crippen LogP contribution is -2.23. The largest absolute Gasteiger partial charge is 0.380 e. The van der Waals surface area contributed by atoms with Gasteiger partial charge in [-0.25, -0.2) is 4.39 Å². The minimum absolute atomic E-state index is 0.0358. The fourth-order valence-corrected chi connectivity index (χ4v) is 2.14. The average molecular weight is 306 g/mol. The second-order valence-corrected chi connectivity index (χ2v) is 4.97. The second kappa shape index (κ2) is 8.54. The highest BCUT2D eigenvalue weighted by Crippen LogP contribution is 2.28. The van der Waals surface area contributed by atoms with E-state index in [-0.39, 0.29) is 11.1 Å². The third-order valence-electron chi connectivity index (χ3n) is 2.67. The summed E-state index contributed by atoms with van der Waals surface area (Å²) >= 11 is 11.7. The molecule has 0 saturated carbocycles. The molecule has 0 heterocycles. The Bertz CT molecular complexity index is 426. The maximum absolute atomic E-state index is 13.4. The van der Waals surface area contributed by atoms with Crippen molar-refractivity contribution in [2.24, 2.45) is 0 Å². The van der Waals surface area contributed by atoms with Crippen LogP contribution < -0.4 is 5.32 Å². The lowest BCUT2D eigenvalue weighted by Gasteiger charge is -2.16. The van der Waals surface area contributed by atoms with Crippen LogP contribution in [0.3, 0.4) is 0 Å². The molecule has 1 rings (SSSR count). The molecular formula is C14H18Cl2FNO. The molecule has 0 bridgehead atoms. The summed E-state index contributed by atoms with van der Waals surface area (Å²) in [5.41, 5.74) is 0.689. The molecule has 0 fully saturated rings. The molecule has 1 atom stereocenters. The van der Waals surface area contributed by atoms with E-state index in [1.54, 1.807) is 0 Å². The van der Waals surface area contributed by atoms with Gasteiger partial charge in [-0.05, 0) is 31.0 Å². The summed E-state index contributed by atoms with van der Waals surface area (Å²) < 4.78 is 18.8. The maximum atomic E-state index is 13.4. The Morgan fingerprint density at radius 2 is 2.11 bits per heavy atom. The first-order valence-electron chi connectivity index (χ1n) is 6.12. The van der Waals surface area contributed by atoms with Crippen LogP contribution in [0.4, 0.5) is 4.39 Å². The summed E-state index contributed by atoms with van der Waals surface area (Å²) in [6.07, 6.45) is 2.65. The molecule has 0 aliphatic carbocycles. The lowest BCUT2D eigenvalue weighted by molar-refractivity contribution is 0.138. The van der Waals surface area contributed by atoms with Crippen molar-refractivity contribution in [2.75, 3.05) is 19.8 Å². The second-order valence-electron chi connectivity index (χ2n) is 4.15. The highest BCUT2D eigenvalue weighted by atomic mass is 35.5. The Balaban J connectivity index is 2.43. The number of nitrogens with one attached hydrogen (secondary N) is 1. The van der Waals surface area contributed by atoms with Gasteiger partial charge in [0.25, 0.3) is 0 Å². The number of benzene rings is 1. The number of ether oxygens (including phenoxy) is 1. The zero-order valence-corrected chi connectivity index (χ0v) is 12.4. The molecule has 0 aromatic heterocycles. The van der Waals surface area contributed by atoms with Gasteiger partial charge < -0.3 is 10.1 Å². The van der Waals surface area contributed by atoms with Crippen molar-refractivity contribution in [1.29, 1.82) is 0 Å². The van der Waals surface area contributed by atoms with Crippen molar-refractivity contribution in [3.63, 3.8) is 0 Å². The van der Waals surface area contributed by atoms with E-state index >= 15 is 0 Å². The molecule has 1 aromatic carbocycles. The molecule has 1 N–H and O–H groups in total. The van der Waals surface area contributed by atoms with Crippen molar-refractivity contribution in [3.8, 4) is 0 Å². The summed E-state index contributed by atoms with van der Waals surface area (Å²) in [6.45, 7) is 7.45. The summed E-state index contributed by atoms with van der Waals surface area (Å²) in [7, 11) is 0. The predicted molar refractivity (Wildman–Crippen MR) is 78.5 cm³/mol. The van der Waals surface area contributed by atoms with E-state index in [0.29, 0.717) is 30.3 Å². The van der Waals surface area contributed by atoms with E-state index in [0.717, 1.165) is 6.42 Å². The Labute approximate surface area is 123 Å². The summed E-state index contributed by atoms with van der Waals surface area (Å²) in [4.78, 5) is 0. The molecule has 0 saturated heterocycles. The van der Waals surface area contributed by atoms with Gasteiger partial charge in [0.05, 0.1) is 18.2 Å². The van der Waals surface area contributed by atoms with E-state index in [9.17, 15) is 4.39 Å². The van der Waals surface area contributed by atoms with Crippen LogP contribution in [0.15, 0.2) is 24.8 Å². The van der Waals surface area contributed by atoms with E-state index in [4.69, 9.17) is 27.9 Å². The topological polar surface area (TPSA) is 21.3 Å². The molecule has 2 nitrogen and oxygen atoms in total. The molecular weight excluding hydrogens is 288 g/mol. The average Bonchev–Trinajstić information content (AvgIpc) is 2.37. The molecule has 1 unspecified atom stereocenters.